The molecule has 1 aromatic heterocycles. The highest BCUT2D eigenvalue weighted by Gasteiger charge is 2.35. The fourth-order valence-corrected chi connectivity index (χ4v) is 6.23. The molecule has 10 heteroatoms. The fraction of sp³-hybridized carbons (Fsp3) is 0.423. The summed E-state index contributed by atoms with van der Waals surface area (Å²) in [4.78, 5) is 6.59. The van der Waals surface area contributed by atoms with Crippen LogP contribution in [-0.2, 0) is 9.84 Å². The van der Waals surface area contributed by atoms with E-state index in [0.29, 0.717) is 66.7 Å². The summed E-state index contributed by atoms with van der Waals surface area (Å²) in [6.45, 7) is 6.45. The number of ether oxygens (including phenoxy) is 4. The Labute approximate surface area is 210 Å². The van der Waals surface area contributed by atoms with Crippen molar-refractivity contribution in [3.8, 4) is 34.5 Å². The van der Waals surface area contributed by atoms with E-state index >= 15 is 0 Å². The minimum absolute atomic E-state index is 0.0678. The third-order valence-corrected chi connectivity index (χ3v) is 8.09. The summed E-state index contributed by atoms with van der Waals surface area (Å²) in [5.74, 6) is 3.16. The molecule has 2 aromatic carbocycles. The van der Waals surface area contributed by atoms with Crippen molar-refractivity contribution in [1.29, 1.82) is 0 Å². The van der Waals surface area contributed by atoms with E-state index in [1.54, 1.807) is 31.4 Å². The Bertz CT molecular complexity index is 1360. The lowest BCUT2D eigenvalue weighted by atomic mass is 9.92. The molecule has 9 nitrogen and oxygen atoms in total. The fourth-order valence-electron chi connectivity index (χ4n) is 4.90. The molecule has 2 aliphatic rings. The van der Waals surface area contributed by atoms with Gasteiger partial charge in [-0.2, -0.15) is 4.98 Å². The van der Waals surface area contributed by atoms with Crippen LogP contribution in [0.5, 0.6) is 23.0 Å². The Morgan fingerprint density at radius 3 is 2.31 bits per heavy atom. The van der Waals surface area contributed by atoms with Crippen molar-refractivity contribution < 1.29 is 31.8 Å². The number of methoxy groups -OCH3 is 2. The third-order valence-electron chi connectivity index (χ3n) is 6.44. The highest BCUT2D eigenvalue weighted by atomic mass is 32.2. The van der Waals surface area contributed by atoms with E-state index in [1.807, 2.05) is 4.90 Å². The van der Waals surface area contributed by atoms with Crippen LogP contribution < -0.4 is 23.8 Å². The SMILES string of the molecule is COc1ccc(-c2nc(S(=O)(=O)c3ccc4c(c3)OCCO4)c(N3CC(C)CC(C)C3)o2)cc1OC. The van der Waals surface area contributed by atoms with E-state index in [4.69, 9.17) is 23.4 Å². The van der Waals surface area contributed by atoms with E-state index in [9.17, 15) is 8.42 Å². The summed E-state index contributed by atoms with van der Waals surface area (Å²) >= 11 is 0. The highest BCUT2D eigenvalue weighted by Crippen LogP contribution is 2.41. The third kappa shape index (κ3) is 4.45. The van der Waals surface area contributed by atoms with Crippen LogP contribution in [0.25, 0.3) is 11.5 Å². The van der Waals surface area contributed by atoms with Crippen LogP contribution in [0.3, 0.4) is 0 Å². The molecular weight excluding hydrogens is 484 g/mol. The van der Waals surface area contributed by atoms with Gasteiger partial charge in [-0.1, -0.05) is 13.8 Å². The lowest BCUT2D eigenvalue weighted by Crippen LogP contribution is -2.39. The number of benzene rings is 2. The van der Waals surface area contributed by atoms with Crippen LogP contribution in [0.4, 0.5) is 5.88 Å². The summed E-state index contributed by atoms with van der Waals surface area (Å²) in [5, 5.41) is -0.120. The lowest BCUT2D eigenvalue weighted by molar-refractivity contribution is 0.171. The van der Waals surface area contributed by atoms with Crippen LogP contribution in [-0.4, -0.2) is 53.9 Å². The molecule has 0 N–H and O–H groups in total. The molecule has 0 bridgehead atoms. The zero-order chi connectivity index (χ0) is 25.4. The molecule has 0 spiro atoms. The minimum atomic E-state index is -4.04. The number of piperidine rings is 1. The molecule has 0 saturated carbocycles. The van der Waals surface area contributed by atoms with Crippen LogP contribution in [0.1, 0.15) is 20.3 Å². The van der Waals surface area contributed by atoms with Crippen LogP contribution in [0, 0.1) is 11.8 Å². The smallest absolute Gasteiger partial charge is 0.236 e. The largest absolute Gasteiger partial charge is 0.493 e. The van der Waals surface area contributed by atoms with E-state index in [-0.39, 0.29) is 21.7 Å². The van der Waals surface area contributed by atoms with E-state index in [0.717, 1.165) is 6.42 Å². The monoisotopic (exact) mass is 514 g/mol. The molecule has 0 amide bonds. The quantitative estimate of drug-likeness (QED) is 0.472. The van der Waals surface area contributed by atoms with Crippen LogP contribution in [0.2, 0.25) is 0 Å². The molecule has 5 rings (SSSR count). The summed E-state index contributed by atoms with van der Waals surface area (Å²) in [6.07, 6.45) is 1.07. The van der Waals surface area contributed by atoms with Gasteiger partial charge in [0.1, 0.15) is 13.2 Å². The molecular formula is C26H30N2O7S. The zero-order valence-corrected chi connectivity index (χ0v) is 21.6. The van der Waals surface area contributed by atoms with Gasteiger partial charge in [0, 0.05) is 24.7 Å². The normalized spacial score (nSPS) is 19.7. The number of fused-ring (bicyclic) bond motifs is 1. The van der Waals surface area contributed by atoms with Crippen molar-refractivity contribution in [3.05, 3.63) is 36.4 Å². The Kier molecular flexibility index (Phi) is 6.46. The predicted octanol–water partition coefficient (Wildman–Crippen LogP) is 4.45. The number of hydrogen-bond acceptors (Lipinski definition) is 9. The van der Waals surface area contributed by atoms with Gasteiger partial charge in [-0.05, 0) is 48.6 Å². The molecule has 2 aliphatic heterocycles. The Balaban J connectivity index is 1.63. The molecule has 1 fully saturated rings. The first-order chi connectivity index (χ1) is 17.3. The van der Waals surface area contributed by atoms with Crippen LogP contribution >= 0.6 is 0 Å². The second kappa shape index (κ2) is 9.57. The Morgan fingerprint density at radius 1 is 0.917 bits per heavy atom. The molecule has 0 aliphatic carbocycles. The van der Waals surface area contributed by atoms with Gasteiger partial charge in [-0.25, -0.2) is 8.42 Å². The van der Waals surface area contributed by atoms with Gasteiger partial charge >= 0.3 is 0 Å². The summed E-state index contributed by atoms with van der Waals surface area (Å²) < 4.78 is 56.0. The van der Waals surface area contributed by atoms with E-state index in [2.05, 4.69) is 18.8 Å². The van der Waals surface area contributed by atoms with Crippen molar-refractivity contribution in [3.63, 3.8) is 0 Å². The van der Waals surface area contributed by atoms with Gasteiger partial charge in [0.05, 0.1) is 19.1 Å². The maximum absolute atomic E-state index is 13.9. The van der Waals surface area contributed by atoms with Gasteiger partial charge in [0.25, 0.3) is 0 Å². The number of oxazole rings is 1. The summed E-state index contributed by atoms with van der Waals surface area (Å²) in [7, 11) is -0.949. The zero-order valence-electron chi connectivity index (χ0n) is 20.8. The Hall–Kier alpha value is -3.40. The van der Waals surface area contributed by atoms with Crippen molar-refractivity contribution in [2.75, 3.05) is 45.4 Å². The first kappa shape index (κ1) is 24.3. The average molecular weight is 515 g/mol. The van der Waals surface area contributed by atoms with Gasteiger partial charge < -0.3 is 28.3 Å². The predicted molar refractivity (Wildman–Crippen MR) is 133 cm³/mol. The minimum Gasteiger partial charge on any atom is -0.493 e. The number of sulfone groups is 1. The van der Waals surface area contributed by atoms with Crippen molar-refractivity contribution in [1.82, 2.24) is 4.98 Å². The average Bonchev–Trinajstić information content (AvgIpc) is 3.34. The van der Waals surface area contributed by atoms with Crippen molar-refractivity contribution in [2.45, 2.75) is 30.2 Å². The van der Waals surface area contributed by atoms with Gasteiger partial charge in [-0.3, -0.25) is 0 Å². The van der Waals surface area contributed by atoms with E-state index in [1.165, 1.54) is 19.2 Å². The highest BCUT2D eigenvalue weighted by molar-refractivity contribution is 7.91. The topological polar surface area (TPSA) is 100 Å². The lowest BCUT2D eigenvalue weighted by Gasteiger charge is -2.34. The molecule has 36 heavy (non-hydrogen) atoms. The van der Waals surface area contributed by atoms with Crippen molar-refractivity contribution in [2.24, 2.45) is 11.8 Å². The number of nitrogens with zero attached hydrogens (tertiary/aromatic N) is 2. The first-order valence-electron chi connectivity index (χ1n) is 11.9. The number of aromatic nitrogens is 1. The standard InChI is InChI=1S/C26H30N2O7S/c1-16-11-17(2)15-28(14-16)26-25(27-24(35-26)18-5-7-20(31-3)22(12-18)32-4)36(29,30)19-6-8-21-23(13-19)34-10-9-33-21/h5-8,12-13,16-17H,9-11,14-15H2,1-4H3. The molecule has 3 aromatic rings. The summed E-state index contributed by atoms with van der Waals surface area (Å²) in [5.41, 5.74) is 0.579. The van der Waals surface area contributed by atoms with Gasteiger partial charge in [0.15, 0.2) is 23.0 Å². The molecule has 192 valence electrons. The maximum Gasteiger partial charge on any atom is 0.236 e. The first-order valence-corrected chi connectivity index (χ1v) is 13.4. The van der Waals surface area contributed by atoms with Crippen molar-refractivity contribution >= 4 is 15.7 Å². The van der Waals surface area contributed by atoms with Gasteiger partial charge in [-0.15, -0.1) is 0 Å². The number of hydrogen-bond donors (Lipinski definition) is 0. The Morgan fingerprint density at radius 2 is 1.61 bits per heavy atom. The molecule has 2 unspecified atom stereocenters. The molecule has 0 radical (unpaired) electrons. The van der Waals surface area contributed by atoms with Crippen LogP contribution in [0.15, 0.2) is 50.7 Å². The molecule has 3 heterocycles. The van der Waals surface area contributed by atoms with Gasteiger partial charge in [0.2, 0.25) is 26.6 Å². The second-order valence-electron chi connectivity index (χ2n) is 9.36. The summed E-state index contributed by atoms with van der Waals surface area (Å²) in [6, 6.07) is 9.83. The number of rotatable bonds is 6. The molecule has 1 saturated heterocycles. The maximum atomic E-state index is 13.9. The molecule has 2 atom stereocenters. The van der Waals surface area contributed by atoms with E-state index < -0.39 is 9.84 Å². The number of anilines is 1. The second-order valence-corrected chi connectivity index (χ2v) is 11.2.